The highest BCUT2D eigenvalue weighted by Gasteiger charge is 2.45. The van der Waals surface area contributed by atoms with E-state index in [0.29, 0.717) is 6.04 Å². The van der Waals surface area contributed by atoms with Crippen LogP contribution >= 0.6 is 0 Å². The van der Waals surface area contributed by atoms with Crippen molar-refractivity contribution in [1.29, 1.82) is 0 Å². The van der Waals surface area contributed by atoms with Gasteiger partial charge in [0.2, 0.25) is 5.56 Å². The van der Waals surface area contributed by atoms with Crippen molar-refractivity contribution in [2.45, 2.75) is 70.7 Å². The molecule has 1 aliphatic rings. The lowest BCUT2D eigenvalue weighted by Gasteiger charge is -2.27. The average Bonchev–Trinajstić information content (AvgIpc) is 2.59. The summed E-state index contributed by atoms with van der Waals surface area (Å²) in [6.45, 7) is 10.4. The fraction of sp³-hybridized carbons (Fsp3) is 0.706. The lowest BCUT2D eigenvalue weighted by molar-refractivity contribution is -0.0697. The first kappa shape index (κ1) is 16.2. The van der Waals surface area contributed by atoms with Crippen LogP contribution in [0, 0.1) is 0 Å². The molecule has 2 heterocycles. The van der Waals surface area contributed by atoms with Crippen molar-refractivity contribution >= 4 is 0 Å². The van der Waals surface area contributed by atoms with Crippen LogP contribution in [0.3, 0.4) is 0 Å². The number of pyridine rings is 1. The summed E-state index contributed by atoms with van der Waals surface area (Å²) in [7, 11) is 0. The molecule has 0 aliphatic carbocycles. The standard InChI is InChI=1S/C17H28N2O2/c1-16(2)13-14(17(3,4)21-16)18-10-6-8-12-19-11-7-5-9-15(19)20/h5,7,9,11,14,18H,6,8,10,12-13H2,1-4H3/t14-/m1/s1. The fourth-order valence-electron chi connectivity index (χ4n) is 3.21. The molecule has 4 nitrogen and oxygen atoms in total. The summed E-state index contributed by atoms with van der Waals surface area (Å²) in [5, 5.41) is 3.62. The van der Waals surface area contributed by atoms with Gasteiger partial charge >= 0.3 is 0 Å². The third-order valence-corrected chi connectivity index (χ3v) is 4.19. The number of unbranched alkanes of at least 4 members (excludes halogenated alkanes) is 1. The molecule has 0 aromatic carbocycles. The van der Waals surface area contributed by atoms with Crippen LogP contribution in [0.1, 0.15) is 47.0 Å². The molecule has 0 amide bonds. The van der Waals surface area contributed by atoms with E-state index in [0.717, 1.165) is 32.4 Å². The van der Waals surface area contributed by atoms with Gasteiger partial charge in [-0.25, -0.2) is 0 Å². The van der Waals surface area contributed by atoms with Gasteiger partial charge in [-0.3, -0.25) is 4.79 Å². The topological polar surface area (TPSA) is 43.3 Å². The monoisotopic (exact) mass is 292 g/mol. The summed E-state index contributed by atoms with van der Waals surface area (Å²) in [5.41, 5.74) is -0.0733. The van der Waals surface area contributed by atoms with Crippen LogP contribution in [-0.2, 0) is 11.3 Å². The highest BCUT2D eigenvalue weighted by Crippen LogP contribution is 2.37. The minimum absolute atomic E-state index is 0.0431. The average molecular weight is 292 g/mol. The molecule has 2 rings (SSSR count). The van der Waals surface area contributed by atoms with E-state index in [4.69, 9.17) is 4.74 Å². The van der Waals surface area contributed by atoms with Crippen molar-refractivity contribution in [2.24, 2.45) is 0 Å². The lowest BCUT2D eigenvalue weighted by atomic mass is 9.94. The highest BCUT2D eigenvalue weighted by molar-refractivity contribution is 4.98. The summed E-state index contributed by atoms with van der Waals surface area (Å²) >= 11 is 0. The van der Waals surface area contributed by atoms with E-state index in [1.165, 1.54) is 0 Å². The van der Waals surface area contributed by atoms with Gasteiger partial charge < -0.3 is 14.6 Å². The maximum atomic E-state index is 11.6. The van der Waals surface area contributed by atoms with Gasteiger partial charge in [-0.15, -0.1) is 0 Å². The van der Waals surface area contributed by atoms with E-state index in [1.807, 2.05) is 12.3 Å². The van der Waals surface area contributed by atoms with Gasteiger partial charge in [0.15, 0.2) is 0 Å². The minimum atomic E-state index is -0.111. The first-order chi connectivity index (χ1) is 9.80. The molecule has 21 heavy (non-hydrogen) atoms. The number of nitrogens with one attached hydrogen (secondary N) is 1. The van der Waals surface area contributed by atoms with Gasteiger partial charge in [0.1, 0.15) is 0 Å². The summed E-state index contributed by atoms with van der Waals surface area (Å²) in [6, 6.07) is 5.69. The molecule has 1 fully saturated rings. The Morgan fingerprint density at radius 3 is 2.67 bits per heavy atom. The second kappa shape index (κ2) is 6.32. The summed E-state index contributed by atoms with van der Waals surface area (Å²) in [5.74, 6) is 0. The molecule has 1 atom stereocenters. The van der Waals surface area contributed by atoms with Crippen molar-refractivity contribution < 1.29 is 4.74 Å². The lowest BCUT2D eigenvalue weighted by Crippen LogP contribution is -2.43. The van der Waals surface area contributed by atoms with Crippen LogP contribution < -0.4 is 10.9 Å². The predicted octanol–water partition coefficient (Wildman–Crippen LogP) is 2.56. The summed E-state index contributed by atoms with van der Waals surface area (Å²) < 4.78 is 7.85. The molecular weight excluding hydrogens is 264 g/mol. The van der Waals surface area contributed by atoms with E-state index in [1.54, 1.807) is 16.7 Å². The number of rotatable bonds is 6. The Morgan fingerprint density at radius 2 is 2.05 bits per heavy atom. The number of hydrogen-bond donors (Lipinski definition) is 1. The van der Waals surface area contributed by atoms with Crippen molar-refractivity contribution in [3.8, 4) is 0 Å². The van der Waals surface area contributed by atoms with Gasteiger partial charge in [0.05, 0.1) is 11.2 Å². The van der Waals surface area contributed by atoms with E-state index in [-0.39, 0.29) is 16.8 Å². The Kier molecular flexibility index (Phi) is 4.89. The molecule has 118 valence electrons. The molecule has 1 aromatic rings. The first-order valence-corrected chi connectivity index (χ1v) is 7.89. The molecule has 0 spiro atoms. The van der Waals surface area contributed by atoms with E-state index < -0.39 is 0 Å². The zero-order chi connectivity index (χ0) is 15.5. The molecule has 1 aliphatic heterocycles. The number of nitrogens with zero attached hydrogens (tertiary/aromatic N) is 1. The van der Waals surface area contributed by atoms with Gasteiger partial charge in [-0.05, 0) is 59.6 Å². The van der Waals surface area contributed by atoms with Crippen LogP contribution in [0.5, 0.6) is 0 Å². The van der Waals surface area contributed by atoms with E-state index in [2.05, 4.69) is 33.0 Å². The Balaban J connectivity index is 1.71. The minimum Gasteiger partial charge on any atom is -0.368 e. The van der Waals surface area contributed by atoms with Crippen molar-refractivity contribution in [3.05, 3.63) is 34.7 Å². The van der Waals surface area contributed by atoms with E-state index in [9.17, 15) is 4.79 Å². The molecule has 0 radical (unpaired) electrons. The Labute approximate surface area is 127 Å². The third-order valence-electron chi connectivity index (χ3n) is 4.19. The molecule has 1 saturated heterocycles. The smallest absolute Gasteiger partial charge is 0.250 e. The van der Waals surface area contributed by atoms with Crippen LogP contribution in [0.4, 0.5) is 0 Å². The first-order valence-electron chi connectivity index (χ1n) is 7.89. The second-order valence-electron chi connectivity index (χ2n) is 7.12. The van der Waals surface area contributed by atoms with Crippen LogP contribution in [-0.4, -0.2) is 28.4 Å². The van der Waals surface area contributed by atoms with Crippen LogP contribution in [0.2, 0.25) is 0 Å². The van der Waals surface area contributed by atoms with E-state index >= 15 is 0 Å². The largest absolute Gasteiger partial charge is 0.368 e. The molecule has 4 heteroatoms. The summed E-state index contributed by atoms with van der Waals surface area (Å²) in [4.78, 5) is 11.6. The highest BCUT2D eigenvalue weighted by atomic mass is 16.5. The van der Waals surface area contributed by atoms with Crippen molar-refractivity contribution in [2.75, 3.05) is 6.54 Å². The molecule has 0 saturated carbocycles. The predicted molar refractivity (Wildman–Crippen MR) is 85.6 cm³/mol. The molecule has 0 unspecified atom stereocenters. The quantitative estimate of drug-likeness (QED) is 0.820. The Morgan fingerprint density at radius 1 is 1.29 bits per heavy atom. The van der Waals surface area contributed by atoms with Gasteiger partial charge in [-0.1, -0.05) is 6.07 Å². The molecule has 0 bridgehead atoms. The van der Waals surface area contributed by atoms with Gasteiger partial charge in [0, 0.05) is 24.8 Å². The molecule has 1 N–H and O–H groups in total. The number of ether oxygens (including phenoxy) is 1. The van der Waals surface area contributed by atoms with Gasteiger partial charge in [-0.2, -0.15) is 0 Å². The number of aryl methyl sites for hydroxylation is 1. The summed E-state index contributed by atoms with van der Waals surface area (Å²) in [6.07, 6.45) is 4.97. The Bertz CT molecular complexity index is 520. The fourth-order valence-corrected chi connectivity index (χ4v) is 3.21. The van der Waals surface area contributed by atoms with Crippen molar-refractivity contribution in [3.63, 3.8) is 0 Å². The molecular formula is C17H28N2O2. The molecule has 1 aromatic heterocycles. The second-order valence-corrected chi connectivity index (χ2v) is 7.12. The SMILES string of the molecule is CC1(C)C[C@@H](NCCCCn2ccccc2=O)C(C)(C)O1. The maximum absolute atomic E-state index is 11.6. The number of aromatic nitrogens is 1. The normalized spacial score (nSPS) is 23.3. The third kappa shape index (κ3) is 4.42. The van der Waals surface area contributed by atoms with Crippen LogP contribution in [0.15, 0.2) is 29.2 Å². The zero-order valence-electron chi connectivity index (χ0n) is 13.7. The van der Waals surface area contributed by atoms with Gasteiger partial charge in [0.25, 0.3) is 0 Å². The maximum Gasteiger partial charge on any atom is 0.250 e. The zero-order valence-corrected chi connectivity index (χ0v) is 13.7. The number of hydrogen-bond acceptors (Lipinski definition) is 3. The Hall–Kier alpha value is -1.13. The van der Waals surface area contributed by atoms with Crippen molar-refractivity contribution in [1.82, 2.24) is 9.88 Å². The van der Waals surface area contributed by atoms with Crippen LogP contribution in [0.25, 0.3) is 0 Å².